The molecule has 0 bridgehead atoms. The van der Waals surface area contributed by atoms with E-state index in [1.165, 1.54) is 18.3 Å². The predicted molar refractivity (Wildman–Crippen MR) is 154 cm³/mol. The number of hydrogen-bond donors (Lipinski definition) is 2. The number of nitrogens with zero attached hydrogens (tertiary/aromatic N) is 2. The SMILES string of the molecule is CCCc1cc(C(O)(C(F)(F)F)C(F)(F)F)cc(CCC)c1Oc1ccnc(CN2C(=O)NC(C)(c3ccc4c(c3)OCO4)C2=O)c1. The van der Waals surface area contributed by atoms with Gasteiger partial charge in [0.25, 0.3) is 11.5 Å². The lowest BCUT2D eigenvalue weighted by Crippen LogP contribution is -2.54. The Morgan fingerprint density at radius 3 is 2.15 bits per heavy atom. The zero-order valence-electron chi connectivity index (χ0n) is 25.5. The summed E-state index contributed by atoms with van der Waals surface area (Å²) in [5, 5.41) is 12.8. The van der Waals surface area contributed by atoms with Gasteiger partial charge in [0.15, 0.2) is 11.5 Å². The first-order valence-electron chi connectivity index (χ1n) is 14.7. The molecule has 0 radical (unpaired) electrons. The number of hydrogen-bond acceptors (Lipinski definition) is 7. The van der Waals surface area contributed by atoms with Gasteiger partial charge >= 0.3 is 18.4 Å². The molecule has 1 fully saturated rings. The standard InChI is InChI=1S/C32H31F6N3O6/c1-4-6-18-12-21(30(44,31(33,34)35)32(36,37)38)13-19(7-5-2)26(18)47-23-10-11-39-22(15-23)16-41-27(42)29(3,40-28(41)43)20-8-9-24-25(14-20)46-17-45-24/h8-15,44H,4-7,16-17H2,1-3H3,(H,40,43). The van der Waals surface area contributed by atoms with Gasteiger partial charge in [-0.3, -0.25) is 14.7 Å². The first-order chi connectivity index (χ1) is 22.0. The minimum absolute atomic E-state index is 0.0271. The van der Waals surface area contributed by atoms with Crippen molar-refractivity contribution in [2.24, 2.45) is 0 Å². The third kappa shape index (κ3) is 6.03. The van der Waals surface area contributed by atoms with Crippen LogP contribution >= 0.6 is 0 Å². The highest BCUT2D eigenvalue weighted by atomic mass is 19.4. The lowest BCUT2D eigenvalue weighted by Gasteiger charge is -2.33. The van der Waals surface area contributed by atoms with Crippen LogP contribution in [0.1, 0.15) is 61.6 Å². The van der Waals surface area contributed by atoms with Crippen molar-refractivity contribution in [2.75, 3.05) is 6.79 Å². The second-order valence-corrected chi connectivity index (χ2v) is 11.4. The molecule has 0 spiro atoms. The van der Waals surface area contributed by atoms with Crippen LogP contribution in [-0.4, -0.2) is 46.1 Å². The second-order valence-electron chi connectivity index (χ2n) is 11.4. The smallest absolute Gasteiger partial charge is 0.430 e. The van der Waals surface area contributed by atoms with E-state index < -0.39 is 41.0 Å². The molecule has 1 saturated heterocycles. The van der Waals surface area contributed by atoms with E-state index >= 15 is 0 Å². The highest BCUT2D eigenvalue weighted by molar-refractivity contribution is 6.07. The Balaban J connectivity index is 1.45. The summed E-state index contributed by atoms with van der Waals surface area (Å²) in [5.41, 5.74) is -7.12. The quantitative estimate of drug-likeness (QED) is 0.181. The van der Waals surface area contributed by atoms with Crippen molar-refractivity contribution in [1.29, 1.82) is 0 Å². The number of nitrogens with one attached hydrogen (secondary N) is 1. The fourth-order valence-electron chi connectivity index (χ4n) is 5.62. The molecule has 9 nitrogen and oxygen atoms in total. The zero-order chi connectivity index (χ0) is 34.4. The third-order valence-electron chi connectivity index (χ3n) is 8.07. The topological polar surface area (TPSA) is 110 Å². The third-order valence-corrected chi connectivity index (χ3v) is 8.07. The molecule has 1 atom stereocenters. The average Bonchev–Trinajstić information content (AvgIpc) is 3.55. The largest absolute Gasteiger partial charge is 0.457 e. The number of carbonyl (C=O) groups is 2. The second kappa shape index (κ2) is 12.2. The Labute approximate surface area is 265 Å². The van der Waals surface area contributed by atoms with Gasteiger partial charge < -0.3 is 24.6 Å². The summed E-state index contributed by atoms with van der Waals surface area (Å²) >= 11 is 0. The van der Waals surface area contributed by atoms with Crippen LogP contribution in [0.5, 0.6) is 23.0 Å². The van der Waals surface area contributed by atoms with Gasteiger partial charge in [0.2, 0.25) is 6.79 Å². The molecular weight excluding hydrogens is 636 g/mol. The maximum atomic E-state index is 13.8. The molecular formula is C32H31F6N3O6. The van der Waals surface area contributed by atoms with E-state index in [-0.39, 0.29) is 54.5 Å². The Kier molecular flexibility index (Phi) is 8.81. The summed E-state index contributed by atoms with van der Waals surface area (Å²) in [6, 6.07) is 8.37. The molecule has 0 aliphatic carbocycles. The van der Waals surface area contributed by atoms with Crippen LogP contribution in [0, 0.1) is 0 Å². The maximum Gasteiger partial charge on any atom is 0.430 e. The molecule has 0 saturated carbocycles. The van der Waals surface area contributed by atoms with Crippen LogP contribution in [0.25, 0.3) is 0 Å². The van der Waals surface area contributed by atoms with E-state index in [4.69, 9.17) is 14.2 Å². The molecule has 3 amide bonds. The molecule has 1 aromatic heterocycles. The number of aromatic nitrogens is 1. The fourth-order valence-corrected chi connectivity index (χ4v) is 5.62. The van der Waals surface area contributed by atoms with Crippen molar-refractivity contribution >= 4 is 11.9 Å². The first kappa shape index (κ1) is 33.8. The van der Waals surface area contributed by atoms with Gasteiger partial charge in [0.05, 0.1) is 12.2 Å². The summed E-state index contributed by atoms with van der Waals surface area (Å²) in [4.78, 5) is 31.7. The normalized spacial score (nSPS) is 18.1. The molecule has 2 N–H and O–H groups in total. The van der Waals surface area contributed by atoms with Gasteiger partial charge in [0, 0.05) is 17.8 Å². The van der Waals surface area contributed by atoms with Crippen molar-refractivity contribution in [1.82, 2.24) is 15.2 Å². The number of benzene rings is 2. The van der Waals surface area contributed by atoms with Crippen LogP contribution in [0.15, 0.2) is 48.7 Å². The van der Waals surface area contributed by atoms with Crippen molar-refractivity contribution in [3.8, 4) is 23.0 Å². The summed E-state index contributed by atoms with van der Waals surface area (Å²) in [7, 11) is 0. The van der Waals surface area contributed by atoms with E-state index in [0.29, 0.717) is 42.0 Å². The molecule has 2 aliphatic rings. The maximum absolute atomic E-state index is 13.8. The first-order valence-corrected chi connectivity index (χ1v) is 14.7. The van der Waals surface area contributed by atoms with E-state index in [2.05, 4.69) is 10.3 Å². The van der Waals surface area contributed by atoms with E-state index in [0.717, 1.165) is 4.90 Å². The van der Waals surface area contributed by atoms with E-state index in [1.807, 2.05) is 0 Å². The number of ether oxygens (including phenoxy) is 3. The molecule has 2 aliphatic heterocycles. The monoisotopic (exact) mass is 667 g/mol. The molecule has 15 heteroatoms. The molecule has 1 unspecified atom stereocenters. The minimum atomic E-state index is -6.04. The number of imide groups is 1. The minimum Gasteiger partial charge on any atom is -0.457 e. The summed E-state index contributed by atoms with van der Waals surface area (Å²) in [5.74, 6) is 0.524. The average molecular weight is 668 g/mol. The van der Waals surface area contributed by atoms with E-state index in [1.54, 1.807) is 39.0 Å². The van der Waals surface area contributed by atoms with Crippen molar-refractivity contribution < 1.29 is 55.2 Å². The molecule has 47 heavy (non-hydrogen) atoms. The summed E-state index contributed by atoms with van der Waals surface area (Å²) in [6.45, 7) is 4.68. The lowest BCUT2D eigenvalue weighted by molar-refractivity contribution is -0.376. The van der Waals surface area contributed by atoms with Gasteiger partial charge in [-0.05, 0) is 66.8 Å². The van der Waals surface area contributed by atoms with Crippen LogP contribution in [0.3, 0.4) is 0 Å². The number of rotatable bonds is 10. The predicted octanol–water partition coefficient (Wildman–Crippen LogP) is 6.79. The Morgan fingerprint density at radius 2 is 1.55 bits per heavy atom. The molecule has 5 rings (SSSR count). The highest BCUT2D eigenvalue weighted by Gasteiger charge is 2.71. The van der Waals surface area contributed by atoms with Gasteiger partial charge in [-0.25, -0.2) is 4.79 Å². The molecule has 3 aromatic rings. The van der Waals surface area contributed by atoms with Gasteiger partial charge in [-0.1, -0.05) is 32.8 Å². The number of amides is 3. The number of alkyl halides is 6. The molecule has 252 valence electrons. The van der Waals surface area contributed by atoms with Crippen LogP contribution in [0.2, 0.25) is 0 Å². The van der Waals surface area contributed by atoms with Crippen molar-refractivity contribution in [3.63, 3.8) is 0 Å². The number of pyridine rings is 1. The number of halogens is 6. The number of fused-ring (bicyclic) bond motifs is 1. The lowest BCUT2D eigenvalue weighted by atomic mass is 9.87. The van der Waals surface area contributed by atoms with Crippen molar-refractivity contribution in [3.05, 3.63) is 76.6 Å². The number of urea groups is 1. The Bertz CT molecular complexity index is 1650. The van der Waals surface area contributed by atoms with Gasteiger partial charge in [0.1, 0.15) is 17.0 Å². The van der Waals surface area contributed by atoms with Crippen molar-refractivity contribution in [2.45, 2.75) is 76.5 Å². The number of carbonyl (C=O) groups excluding carboxylic acids is 2. The summed E-state index contributed by atoms with van der Waals surface area (Å²) < 4.78 is 99.3. The number of aliphatic hydroxyl groups is 1. The summed E-state index contributed by atoms with van der Waals surface area (Å²) in [6.07, 6.45) is -9.97. The van der Waals surface area contributed by atoms with Crippen LogP contribution in [0.4, 0.5) is 31.1 Å². The van der Waals surface area contributed by atoms with Crippen LogP contribution in [-0.2, 0) is 35.3 Å². The number of aryl methyl sites for hydroxylation is 2. The van der Waals surface area contributed by atoms with E-state index in [9.17, 15) is 41.0 Å². The Morgan fingerprint density at radius 1 is 0.936 bits per heavy atom. The zero-order valence-corrected chi connectivity index (χ0v) is 25.5. The molecule has 3 heterocycles. The highest BCUT2D eigenvalue weighted by Crippen LogP contribution is 2.51. The fraction of sp³-hybridized carbons (Fsp3) is 0.406. The van der Waals surface area contributed by atoms with Gasteiger partial charge in [-0.2, -0.15) is 26.3 Å². The van der Waals surface area contributed by atoms with Gasteiger partial charge in [-0.15, -0.1) is 0 Å². The van der Waals surface area contributed by atoms with Crippen LogP contribution < -0.4 is 19.5 Å². The molecule has 2 aromatic carbocycles. The Hall–Kier alpha value is -4.53.